The molecule has 0 unspecified atom stereocenters. The van der Waals surface area contributed by atoms with Crippen LogP contribution >= 0.6 is 0 Å². The molecule has 0 spiro atoms. The van der Waals surface area contributed by atoms with Crippen LogP contribution in [0.3, 0.4) is 0 Å². The summed E-state index contributed by atoms with van der Waals surface area (Å²) in [5.74, 6) is -0.0662. The number of ether oxygens (including phenoxy) is 2. The normalized spacial score (nSPS) is 11.1. The Morgan fingerprint density at radius 2 is 1.95 bits per heavy atom. The highest BCUT2D eigenvalue weighted by molar-refractivity contribution is 6.07. The SMILES string of the molecule is CCCCOCCOCC(=O)c1coc2ccccc12. The van der Waals surface area contributed by atoms with E-state index in [1.165, 1.54) is 6.26 Å². The molecule has 0 aliphatic carbocycles. The maximum Gasteiger partial charge on any atom is 0.192 e. The lowest BCUT2D eigenvalue weighted by atomic mass is 10.1. The zero-order valence-corrected chi connectivity index (χ0v) is 11.8. The van der Waals surface area contributed by atoms with Crippen molar-refractivity contribution in [2.45, 2.75) is 19.8 Å². The van der Waals surface area contributed by atoms with E-state index in [9.17, 15) is 4.79 Å². The molecule has 20 heavy (non-hydrogen) atoms. The molecule has 108 valence electrons. The number of carbonyl (C=O) groups excluding carboxylic acids is 1. The van der Waals surface area contributed by atoms with Crippen molar-refractivity contribution >= 4 is 16.8 Å². The highest BCUT2D eigenvalue weighted by Crippen LogP contribution is 2.20. The molecule has 1 aromatic carbocycles. The first-order chi connectivity index (χ1) is 9.83. The second-order valence-electron chi connectivity index (χ2n) is 4.59. The van der Waals surface area contributed by atoms with Crippen molar-refractivity contribution in [1.82, 2.24) is 0 Å². The molecule has 1 aromatic heterocycles. The molecule has 2 rings (SSSR count). The second kappa shape index (κ2) is 7.82. The van der Waals surface area contributed by atoms with E-state index >= 15 is 0 Å². The van der Waals surface area contributed by atoms with Crippen LogP contribution < -0.4 is 0 Å². The van der Waals surface area contributed by atoms with Crippen molar-refractivity contribution in [2.75, 3.05) is 26.4 Å². The van der Waals surface area contributed by atoms with Gasteiger partial charge in [-0.1, -0.05) is 31.5 Å². The van der Waals surface area contributed by atoms with Crippen LogP contribution in [0.1, 0.15) is 30.1 Å². The number of Topliss-reactive ketones (excluding diaryl/α,β-unsaturated/α-hetero) is 1. The summed E-state index contributed by atoms with van der Waals surface area (Å²) in [4.78, 5) is 12.0. The summed E-state index contributed by atoms with van der Waals surface area (Å²) in [6.07, 6.45) is 3.67. The van der Waals surface area contributed by atoms with Crippen LogP contribution in [0.2, 0.25) is 0 Å². The number of benzene rings is 1. The van der Waals surface area contributed by atoms with Crippen LogP contribution in [0.4, 0.5) is 0 Å². The molecule has 0 atom stereocenters. The third-order valence-corrected chi connectivity index (χ3v) is 3.03. The molecular formula is C16H20O4. The van der Waals surface area contributed by atoms with Crippen molar-refractivity contribution < 1.29 is 18.7 Å². The molecule has 2 aromatic rings. The summed E-state index contributed by atoms with van der Waals surface area (Å²) < 4.78 is 16.0. The van der Waals surface area contributed by atoms with Gasteiger partial charge < -0.3 is 13.9 Å². The van der Waals surface area contributed by atoms with E-state index in [1.54, 1.807) is 0 Å². The summed E-state index contributed by atoms with van der Waals surface area (Å²) >= 11 is 0. The lowest BCUT2D eigenvalue weighted by Crippen LogP contribution is -2.12. The number of para-hydroxylation sites is 1. The van der Waals surface area contributed by atoms with Crippen molar-refractivity contribution in [2.24, 2.45) is 0 Å². The van der Waals surface area contributed by atoms with Crippen molar-refractivity contribution in [1.29, 1.82) is 0 Å². The van der Waals surface area contributed by atoms with Gasteiger partial charge in [0.1, 0.15) is 18.5 Å². The van der Waals surface area contributed by atoms with Gasteiger partial charge in [-0.15, -0.1) is 0 Å². The van der Waals surface area contributed by atoms with Gasteiger partial charge in [-0.2, -0.15) is 0 Å². The number of hydrogen-bond donors (Lipinski definition) is 0. The number of ketones is 1. The summed E-state index contributed by atoms with van der Waals surface area (Å²) in [5, 5.41) is 0.834. The molecular weight excluding hydrogens is 256 g/mol. The number of carbonyl (C=O) groups is 1. The Hall–Kier alpha value is -1.65. The molecule has 4 nitrogen and oxygen atoms in total. The van der Waals surface area contributed by atoms with E-state index in [-0.39, 0.29) is 12.4 Å². The van der Waals surface area contributed by atoms with Crippen molar-refractivity contribution in [3.63, 3.8) is 0 Å². The average Bonchev–Trinajstić information content (AvgIpc) is 2.90. The highest BCUT2D eigenvalue weighted by Gasteiger charge is 2.13. The van der Waals surface area contributed by atoms with Crippen molar-refractivity contribution in [3.05, 3.63) is 36.1 Å². The minimum absolute atomic E-state index is 0.0562. The minimum Gasteiger partial charge on any atom is -0.464 e. The summed E-state index contributed by atoms with van der Waals surface area (Å²) in [6.45, 7) is 3.89. The highest BCUT2D eigenvalue weighted by atomic mass is 16.5. The fourth-order valence-electron chi connectivity index (χ4n) is 1.90. The molecule has 0 bridgehead atoms. The van der Waals surface area contributed by atoms with E-state index in [1.807, 2.05) is 24.3 Å². The number of hydrogen-bond acceptors (Lipinski definition) is 4. The van der Waals surface area contributed by atoms with Gasteiger partial charge in [0.25, 0.3) is 0 Å². The molecule has 1 heterocycles. The van der Waals surface area contributed by atoms with Crippen LogP contribution in [-0.2, 0) is 9.47 Å². The summed E-state index contributed by atoms with van der Waals surface area (Å²) in [5.41, 5.74) is 1.30. The van der Waals surface area contributed by atoms with Gasteiger partial charge in [-0.3, -0.25) is 4.79 Å². The standard InChI is InChI=1S/C16H20O4/c1-2-3-8-18-9-10-19-12-15(17)14-11-20-16-7-5-4-6-13(14)16/h4-7,11H,2-3,8-10,12H2,1H3. The van der Waals surface area contributed by atoms with E-state index in [2.05, 4.69) is 6.92 Å². The summed E-state index contributed by atoms with van der Waals surface area (Å²) in [6, 6.07) is 7.48. The topological polar surface area (TPSA) is 48.7 Å². The van der Waals surface area contributed by atoms with Crippen molar-refractivity contribution in [3.8, 4) is 0 Å². The molecule has 4 heteroatoms. The van der Waals surface area contributed by atoms with Gasteiger partial charge in [0, 0.05) is 12.0 Å². The maximum absolute atomic E-state index is 12.0. The van der Waals surface area contributed by atoms with Crippen LogP contribution in [-0.4, -0.2) is 32.2 Å². The largest absolute Gasteiger partial charge is 0.464 e. The van der Waals surface area contributed by atoms with Crippen LogP contribution in [0.25, 0.3) is 11.0 Å². The molecule has 0 aliphatic heterocycles. The van der Waals surface area contributed by atoms with Crippen LogP contribution in [0, 0.1) is 0 Å². The predicted molar refractivity (Wildman–Crippen MR) is 77.1 cm³/mol. The molecule has 0 saturated carbocycles. The number of fused-ring (bicyclic) bond motifs is 1. The van der Waals surface area contributed by atoms with E-state index in [4.69, 9.17) is 13.9 Å². The van der Waals surface area contributed by atoms with E-state index in [0.717, 1.165) is 30.4 Å². The van der Waals surface area contributed by atoms with Gasteiger partial charge in [0.05, 0.1) is 18.8 Å². The Morgan fingerprint density at radius 3 is 2.80 bits per heavy atom. The lowest BCUT2D eigenvalue weighted by molar-refractivity contribution is 0.0433. The predicted octanol–water partition coefficient (Wildman–Crippen LogP) is 3.45. The van der Waals surface area contributed by atoms with Crippen LogP contribution in [0.5, 0.6) is 0 Å². The third kappa shape index (κ3) is 3.92. The lowest BCUT2D eigenvalue weighted by Gasteiger charge is -2.04. The molecule has 0 aliphatic rings. The van der Waals surface area contributed by atoms with Gasteiger partial charge >= 0.3 is 0 Å². The molecule has 0 fully saturated rings. The monoisotopic (exact) mass is 276 g/mol. The van der Waals surface area contributed by atoms with Gasteiger partial charge in [-0.05, 0) is 12.5 Å². The first-order valence-electron chi connectivity index (χ1n) is 6.98. The Balaban J connectivity index is 1.75. The fraction of sp³-hybridized carbons (Fsp3) is 0.438. The Kier molecular flexibility index (Phi) is 5.77. The number of furan rings is 1. The Labute approximate surface area is 118 Å². The van der Waals surface area contributed by atoms with Gasteiger partial charge in [0.15, 0.2) is 5.78 Å². The Bertz CT molecular complexity index is 544. The number of unbranched alkanes of at least 4 members (excludes halogenated alkanes) is 1. The third-order valence-electron chi connectivity index (χ3n) is 3.03. The molecule has 0 saturated heterocycles. The first kappa shape index (κ1) is 14.8. The van der Waals surface area contributed by atoms with E-state index < -0.39 is 0 Å². The second-order valence-corrected chi connectivity index (χ2v) is 4.59. The van der Waals surface area contributed by atoms with Crippen LogP contribution in [0.15, 0.2) is 34.9 Å². The molecule has 0 amide bonds. The maximum atomic E-state index is 12.0. The zero-order chi connectivity index (χ0) is 14.2. The fourth-order valence-corrected chi connectivity index (χ4v) is 1.90. The minimum atomic E-state index is -0.0662. The molecule has 0 N–H and O–H groups in total. The average molecular weight is 276 g/mol. The molecule has 0 radical (unpaired) electrons. The summed E-state index contributed by atoms with van der Waals surface area (Å²) in [7, 11) is 0. The number of rotatable bonds is 9. The van der Waals surface area contributed by atoms with E-state index in [0.29, 0.717) is 18.8 Å². The zero-order valence-electron chi connectivity index (χ0n) is 11.8. The van der Waals surface area contributed by atoms with Gasteiger partial charge in [0.2, 0.25) is 0 Å². The quantitative estimate of drug-likeness (QED) is 0.520. The Morgan fingerprint density at radius 1 is 1.15 bits per heavy atom. The van der Waals surface area contributed by atoms with Gasteiger partial charge in [-0.25, -0.2) is 0 Å². The first-order valence-corrected chi connectivity index (χ1v) is 6.98. The smallest absolute Gasteiger partial charge is 0.192 e.